The summed E-state index contributed by atoms with van der Waals surface area (Å²) in [5, 5.41) is 0. The largest absolute Gasteiger partial charge is 0.326 e. The van der Waals surface area contributed by atoms with Crippen LogP contribution < -0.4 is 10.6 Å². The van der Waals surface area contributed by atoms with Crippen molar-refractivity contribution in [1.82, 2.24) is 4.98 Å². The number of aryl methyl sites for hydroxylation is 1. The molecule has 1 atom stereocenters. The van der Waals surface area contributed by atoms with Crippen molar-refractivity contribution < 1.29 is 0 Å². The van der Waals surface area contributed by atoms with Crippen LogP contribution in [-0.2, 0) is 6.42 Å². The molecule has 0 amide bonds. The van der Waals surface area contributed by atoms with Crippen molar-refractivity contribution in [3.8, 4) is 0 Å². The number of pyridine rings is 1. The summed E-state index contributed by atoms with van der Waals surface area (Å²) in [6, 6.07) is 22.8. The van der Waals surface area contributed by atoms with E-state index in [4.69, 9.17) is 10.7 Å². The van der Waals surface area contributed by atoms with Gasteiger partial charge in [-0.1, -0.05) is 54.6 Å². The van der Waals surface area contributed by atoms with Crippen LogP contribution in [-0.4, -0.2) is 11.5 Å². The van der Waals surface area contributed by atoms with E-state index in [1.165, 1.54) is 11.3 Å². The van der Waals surface area contributed by atoms with Crippen molar-refractivity contribution in [3.63, 3.8) is 0 Å². The lowest BCUT2D eigenvalue weighted by atomic mass is 9.98. The number of hydrogen-bond acceptors (Lipinski definition) is 3. The molecule has 4 rings (SSSR count). The van der Waals surface area contributed by atoms with Crippen molar-refractivity contribution >= 4 is 11.5 Å². The Hall–Kier alpha value is -2.65. The van der Waals surface area contributed by atoms with Gasteiger partial charge in [-0.25, -0.2) is 4.98 Å². The van der Waals surface area contributed by atoms with E-state index in [0.29, 0.717) is 0 Å². The number of anilines is 2. The normalized spacial score (nSPS) is 14.5. The second-order valence-electron chi connectivity index (χ2n) is 6.26. The first-order valence-electron chi connectivity index (χ1n) is 8.37. The summed E-state index contributed by atoms with van der Waals surface area (Å²) in [4.78, 5) is 7.14. The summed E-state index contributed by atoms with van der Waals surface area (Å²) in [6.07, 6.45) is 1.07. The zero-order valence-electron chi connectivity index (χ0n) is 13.8. The highest BCUT2D eigenvalue weighted by molar-refractivity contribution is 5.67. The lowest BCUT2D eigenvalue weighted by Crippen LogP contribution is -2.18. The summed E-state index contributed by atoms with van der Waals surface area (Å²) in [6.45, 7) is 3.03. The molecule has 24 heavy (non-hydrogen) atoms. The van der Waals surface area contributed by atoms with Crippen LogP contribution in [0.15, 0.2) is 66.7 Å². The van der Waals surface area contributed by atoms with Crippen molar-refractivity contribution in [2.24, 2.45) is 5.73 Å². The average Bonchev–Trinajstić information content (AvgIpc) is 3.06. The predicted molar refractivity (Wildman–Crippen MR) is 98.6 cm³/mol. The van der Waals surface area contributed by atoms with Gasteiger partial charge in [-0.15, -0.1) is 0 Å². The zero-order valence-corrected chi connectivity index (χ0v) is 13.8. The van der Waals surface area contributed by atoms with E-state index in [1.807, 2.05) is 25.1 Å². The Labute approximate surface area is 142 Å². The van der Waals surface area contributed by atoms with Gasteiger partial charge in [-0.05, 0) is 42.2 Å². The number of nitrogens with zero attached hydrogens (tertiary/aromatic N) is 2. The SMILES string of the molecule is Cc1nc(N2CCc3ccccc32)ccc1C(N)c1ccccc1. The topological polar surface area (TPSA) is 42.2 Å². The summed E-state index contributed by atoms with van der Waals surface area (Å²) in [5.41, 5.74) is 12.3. The summed E-state index contributed by atoms with van der Waals surface area (Å²) in [5.74, 6) is 1.00. The number of fused-ring (bicyclic) bond motifs is 1. The molecule has 2 N–H and O–H groups in total. The summed E-state index contributed by atoms with van der Waals surface area (Å²) in [7, 11) is 0. The third kappa shape index (κ3) is 2.57. The minimum Gasteiger partial charge on any atom is -0.326 e. The molecule has 3 heteroatoms. The Bertz CT molecular complexity index is 858. The number of rotatable bonds is 3. The van der Waals surface area contributed by atoms with Gasteiger partial charge in [0.1, 0.15) is 5.82 Å². The van der Waals surface area contributed by atoms with Crippen molar-refractivity contribution in [1.29, 1.82) is 0 Å². The Morgan fingerprint density at radius 1 is 0.958 bits per heavy atom. The maximum atomic E-state index is 6.44. The minimum atomic E-state index is -0.140. The number of nitrogens with two attached hydrogens (primary N) is 1. The van der Waals surface area contributed by atoms with Gasteiger partial charge in [0.25, 0.3) is 0 Å². The molecule has 2 aromatic carbocycles. The molecule has 0 saturated heterocycles. The van der Waals surface area contributed by atoms with Crippen LogP contribution in [0.4, 0.5) is 11.5 Å². The molecule has 3 nitrogen and oxygen atoms in total. The lowest BCUT2D eigenvalue weighted by molar-refractivity contribution is 0.844. The fourth-order valence-corrected chi connectivity index (χ4v) is 3.45. The number of para-hydroxylation sites is 1. The minimum absolute atomic E-state index is 0.140. The molecule has 2 heterocycles. The predicted octanol–water partition coefficient (Wildman–Crippen LogP) is 4.13. The van der Waals surface area contributed by atoms with E-state index in [0.717, 1.165) is 35.6 Å². The van der Waals surface area contributed by atoms with Gasteiger partial charge in [0.05, 0.1) is 6.04 Å². The quantitative estimate of drug-likeness (QED) is 0.790. The summed E-state index contributed by atoms with van der Waals surface area (Å²) >= 11 is 0. The van der Waals surface area contributed by atoms with E-state index in [1.54, 1.807) is 0 Å². The molecule has 0 aliphatic carbocycles. The van der Waals surface area contributed by atoms with Crippen LogP contribution in [0.25, 0.3) is 0 Å². The van der Waals surface area contributed by atoms with Gasteiger partial charge in [-0.2, -0.15) is 0 Å². The van der Waals surface area contributed by atoms with Gasteiger partial charge in [0.15, 0.2) is 0 Å². The van der Waals surface area contributed by atoms with Crippen molar-refractivity contribution in [3.05, 3.63) is 89.1 Å². The fraction of sp³-hybridized carbons (Fsp3) is 0.190. The van der Waals surface area contributed by atoms with E-state index in [9.17, 15) is 0 Å². The highest BCUT2D eigenvalue weighted by atomic mass is 15.2. The van der Waals surface area contributed by atoms with E-state index < -0.39 is 0 Å². The highest BCUT2D eigenvalue weighted by Crippen LogP contribution is 2.34. The molecular weight excluding hydrogens is 294 g/mol. The first kappa shape index (κ1) is 14.9. The first-order valence-corrected chi connectivity index (χ1v) is 8.37. The lowest BCUT2D eigenvalue weighted by Gasteiger charge is -2.21. The van der Waals surface area contributed by atoms with Gasteiger partial charge >= 0.3 is 0 Å². The summed E-state index contributed by atoms with van der Waals surface area (Å²) < 4.78 is 0. The second-order valence-corrected chi connectivity index (χ2v) is 6.26. The first-order chi connectivity index (χ1) is 11.7. The van der Waals surface area contributed by atoms with Gasteiger partial charge in [0, 0.05) is 17.9 Å². The van der Waals surface area contributed by atoms with Gasteiger partial charge < -0.3 is 10.6 Å². The van der Waals surface area contributed by atoms with Gasteiger partial charge in [-0.3, -0.25) is 0 Å². The van der Waals surface area contributed by atoms with Crippen molar-refractivity contribution in [2.45, 2.75) is 19.4 Å². The molecule has 0 fully saturated rings. The average molecular weight is 315 g/mol. The molecule has 1 unspecified atom stereocenters. The van der Waals surface area contributed by atoms with Gasteiger partial charge in [0.2, 0.25) is 0 Å². The highest BCUT2D eigenvalue weighted by Gasteiger charge is 2.21. The van der Waals surface area contributed by atoms with Crippen LogP contribution in [0.3, 0.4) is 0 Å². The molecule has 0 radical (unpaired) electrons. The second kappa shape index (κ2) is 6.10. The van der Waals surface area contributed by atoms with Crippen LogP contribution in [0, 0.1) is 6.92 Å². The van der Waals surface area contributed by atoms with Crippen LogP contribution >= 0.6 is 0 Å². The molecule has 0 saturated carbocycles. The van der Waals surface area contributed by atoms with E-state index >= 15 is 0 Å². The maximum Gasteiger partial charge on any atom is 0.133 e. The van der Waals surface area contributed by atoms with Crippen LogP contribution in [0.2, 0.25) is 0 Å². The maximum absolute atomic E-state index is 6.44. The monoisotopic (exact) mass is 315 g/mol. The third-order valence-electron chi connectivity index (χ3n) is 4.77. The zero-order chi connectivity index (χ0) is 16.5. The molecule has 1 aliphatic rings. The molecule has 3 aromatic rings. The Morgan fingerprint density at radius 2 is 1.71 bits per heavy atom. The van der Waals surface area contributed by atoms with E-state index in [-0.39, 0.29) is 6.04 Å². The fourth-order valence-electron chi connectivity index (χ4n) is 3.45. The smallest absolute Gasteiger partial charge is 0.133 e. The standard InChI is InChI=1S/C21H21N3/c1-15-18(21(22)17-8-3-2-4-9-17)11-12-20(23-15)24-14-13-16-7-5-6-10-19(16)24/h2-12,21H,13-14,22H2,1H3. The number of hydrogen-bond donors (Lipinski definition) is 1. The van der Waals surface area contributed by atoms with E-state index in [2.05, 4.69) is 53.4 Å². The molecule has 1 aliphatic heterocycles. The molecule has 0 bridgehead atoms. The Balaban J connectivity index is 1.66. The third-order valence-corrected chi connectivity index (χ3v) is 4.77. The number of aromatic nitrogens is 1. The Morgan fingerprint density at radius 3 is 2.50 bits per heavy atom. The molecule has 120 valence electrons. The molecule has 1 aromatic heterocycles. The number of benzene rings is 2. The van der Waals surface area contributed by atoms with Crippen LogP contribution in [0.5, 0.6) is 0 Å². The molecular formula is C21H21N3. The van der Waals surface area contributed by atoms with Crippen LogP contribution in [0.1, 0.15) is 28.4 Å². The van der Waals surface area contributed by atoms with Crippen molar-refractivity contribution in [2.75, 3.05) is 11.4 Å². The Kier molecular flexibility index (Phi) is 3.79. The molecule has 0 spiro atoms.